The van der Waals surface area contributed by atoms with Crippen LogP contribution in [0.25, 0.3) is 0 Å². The summed E-state index contributed by atoms with van der Waals surface area (Å²) in [6.07, 6.45) is 2.71. The van der Waals surface area contributed by atoms with Crippen LogP contribution in [-0.2, 0) is 4.79 Å². The van der Waals surface area contributed by atoms with Gasteiger partial charge in [0.1, 0.15) is 0 Å². The fourth-order valence-corrected chi connectivity index (χ4v) is 2.59. The minimum atomic E-state index is -0.673. The number of amides is 1. The smallest absolute Gasteiger partial charge is 0.379 e. The van der Waals surface area contributed by atoms with Crippen molar-refractivity contribution in [3.8, 4) is 17.2 Å². The number of carbonyl (C=O) groups excluding carboxylic acids is 2. The Balaban J connectivity index is 1.59. The molecule has 0 atom stereocenters. The highest BCUT2D eigenvalue weighted by Gasteiger charge is 2.16. The van der Waals surface area contributed by atoms with Crippen LogP contribution in [0.3, 0.4) is 0 Å². The Kier molecular flexibility index (Phi) is 7.73. The van der Waals surface area contributed by atoms with Crippen LogP contribution in [0, 0.1) is 10.1 Å². The molecule has 1 heterocycles. The minimum Gasteiger partial charge on any atom is -0.490 e. The summed E-state index contributed by atoms with van der Waals surface area (Å²) in [6, 6.07) is 13.5. The quantitative estimate of drug-likeness (QED) is 0.162. The Hall–Kier alpha value is -4.67. The van der Waals surface area contributed by atoms with Crippen molar-refractivity contribution in [1.29, 1.82) is 0 Å². The maximum atomic E-state index is 12.1. The highest BCUT2D eigenvalue weighted by molar-refractivity contribution is 5.89. The highest BCUT2D eigenvalue weighted by Crippen LogP contribution is 2.29. The normalized spacial score (nSPS) is 10.6. The lowest BCUT2D eigenvalue weighted by molar-refractivity contribution is -0.385. The van der Waals surface area contributed by atoms with Crippen molar-refractivity contribution >= 4 is 23.8 Å². The van der Waals surface area contributed by atoms with E-state index in [2.05, 4.69) is 10.5 Å². The monoisotopic (exact) mass is 453 g/mol. The molecule has 11 heteroatoms. The van der Waals surface area contributed by atoms with Crippen LogP contribution >= 0.6 is 0 Å². The molecule has 1 aromatic heterocycles. The highest BCUT2D eigenvalue weighted by atomic mass is 16.6. The van der Waals surface area contributed by atoms with Gasteiger partial charge in [-0.2, -0.15) is 5.10 Å². The van der Waals surface area contributed by atoms with Crippen molar-refractivity contribution in [2.75, 3.05) is 13.2 Å². The van der Waals surface area contributed by atoms with Crippen molar-refractivity contribution in [2.24, 2.45) is 5.10 Å². The molecule has 0 bridgehead atoms. The first-order valence-electron chi connectivity index (χ1n) is 9.68. The Morgan fingerprint density at radius 3 is 2.64 bits per heavy atom. The van der Waals surface area contributed by atoms with E-state index in [-0.39, 0.29) is 22.9 Å². The number of nitro benzene ring substituents is 1. The number of para-hydroxylation sites is 2. The predicted molar refractivity (Wildman–Crippen MR) is 116 cm³/mol. The second kappa shape index (κ2) is 11.1. The number of nitrogens with one attached hydrogen (secondary N) is 1. The molecular weight excluding hydrogens is 434 g/mol. The molecular formula is C22H19N3O8. The van der Waals surface area contributed by atoms with Gasteiger partial charge in [0, 0.05) is 6.07 Å². The molecule has 2 aromatic carbocycles. The average Bonchev–Trinajstić information content (AvgIpc) is 3.35. The number of esters is 1. The van der Waals surface area contributed by atoms with E-state index in [1.54, 1.807) is 31.2 Å². The number of furan rings is 1. The number of nitrogens with zero attached hydrogens (tertiary/aromatic N) is 2. The van der Waals surface area contributed by atoms with Gasteiger partial charge in [-0.25, -0.2) is 10.2 Å². The van der Waals surface area contributed by atoms with Gasteiger partial charge in [0.05, 0.1) is 24.0 Å². The molecule has 3 aromatic rings. The van der Waals surface area contributed by atoms with Gasteiger partial charge in [-0.05, 0) is 48.9 Å². The van der Waals surface area contributed by atoms with Crippen LogP contribution in [0.4, 0.5) is 5.69 Å². The lowest BCUT2D eigenvalue weighted by Gasteiger charge is -2.10. The van der Waals surface area contributed by atoms with Crippen LogP contribution in [0.2, 0.25) is 0 Å². The molecule has 33 heavy (non-hydrogen) atoms. The Labute approximate surface area is 187 Å². The van der Waals surface area contributed by atoms with Crippen molar-refractivity contribution in [3.63, 3.8) is 0 Å². The third kappa shape index (κ3) is 6.40. The summed E-state index contributed by atoms with van der Waals surface area (Å²) in [7, 11) is 0. The fraction of sp³-hybridized carbons (Fsp3) is 0.136. The van der Waals surface area contributed by atoms with Crippen LogP contribution in [0.15, 0.2) is 70.4 Å². The summed E-state index contributed by atoms with van der Waals surface area (Å²) in [4.78, 5) is 34.4. The number of carbonyl (C=O) groups is 2. The molecule has 0 spiro atoms. The zero-order valence-corrected chi connectivity index (χ0v) is 17.4. The number of nitro groups is 1. The molecule has 0 unspecified atom stereocenters. The largest absolute Gasteiger partial charge is 0.490 e. The average molecular weight is 453 g/mol. The Bertz CT molecular complexity index is 1160. The van der Waals surface area contributed by atoms with Crippen LogP contribution in [0.5, 0.6) is 17.2 Å². The van der Waals surface area contributed by atoms with Crippen LogP contribution in [0.1, 0.15) is 23.0 Å². The van der Waals surface area contributed by atoms with Gasteiger partial charge in [0.15, 0.2) is 23.9 Å². The molecule has 0 aliphatic heterocycles. The van der Waals surface area contributed by atoms with Gasteiger partial charge in [-0.3, -0.25) is 14.9 Å². The predicted octanol–water partition coefficient (Wildman–Crippen LogP) is 3.33. The van der Waals surface area contributed by atoms with Gasteiger partial charge in [0.2, 0.25) is 5.76 Å². The van der Waals surface area contributed by atoms with Crippen molar-refractivity contribution < 1.29 is 33.1 Å². The molecule has 11 nitrogen and oxygen atoms in total. The van der Waals surface area contributed by atoms with Gasteiger partial charge in [0.25, 0.3) is 5.91 Å². The number of benzene rings is 2. The van der Waals surface area contributed by atoms with E-state index in [1.165, 1.54) is 42.8 Å². The first kappa shape index (κ1) is 23.0. The van der Waals surface area contributed by atoms with E-state index in [1.807, 2.05) is 0 Å². The zero-order valence-electron chi connectivity index (χ0n) is 17.4. The van der Waals surface area contributed by atoms with E-state index in [9.17, 15) is 19.7 Å². The van der Waals surface area contributed by atoms with Crippen molar-refractivity contribution in [3.05, 3.63) is 82.3 Å². The lowest BCUT2D eigenvalue weighted by Crippen LogP contribution is -2.24. The molecule has 170 valence electrons. The summed E-state index contributed by atoms with van der Waals surface area (Å²) >= 11 is 0. The maximum absolute atomic E-state index is 12.1. The van der Waals surface area contributed by atoms with Crippen LogP contribution in [-0.4, -0.2) is 36.2 Å². The zero-order chi connectivity index (χ0) is 23.6. The topological polar surface area (TPSA) is 142 Å². The molecule has 3 rings (SSSR count). The van der Waals surface area contributed by atoms with E-state index >= 15 is 0 Å². The summed E-state index contributed by atoms with van der Waals surface area (Å²) < 4.78 is 21.0. The standard InChI is InChI=1S/C22H19N3O8/c1-2-30-20-12-15(9-10-18(20)33-22(27)19-8-5-11-31-19)13-23-24-21(26)14-32-17-7-4-3-6-16(17)25(28)29/h3-13H,2,14H2,1H3,(H,24,26)/b23-13+. The molecule has 0 radical (unpaired) electrons. The number of hydrogen-bond acceptors (Lipinski definition) is 9. The van der Waals surface area contributed by atoms with Crippen LogP contribution < -0.4 is 19.6 Å². The second-order valence-corrected chi connectivity index (χ2v) is 6.31. The number of hydrogen-bond donors (Lipinski definition) is 1. The first-order chi connectivity index (χ1) is 16.0. The SMILES string of the molecule is CCOc1cc(/C=N/NC(=O)COc2ccccc2[N+](=O)[O-])ccc1OC(=O)c1ccco1. The molecule has 0 fully saturated rings. The fourth-order valence-electron chi connectivity index (χ4n) is 2.59. The number of hydrazone groups is 1. The summed E-state index contributed by atoms with van der Waals surface area (Å²) in [5, 5.41) is 14.8. The van der Waals surface area contributed by atoms with Crippen molar-refractivity contribution in [2.45, 2.75) is 6.92 Å². The Morgan fingerprint density at radius 1 is 1.09 bits per heavy atom. The summed E-state index contributed by atoms with van der Waals surface area (Å²) in [6.45, 7) is 1.63. The molecule has 1 amide bonds. The van der Waals surface area contributed by atoms with E-state index in [0.717, 1.165) is 0 Å². The molecule has 0 aliphatic rings. The molecule has 0 saturated carbocycles. The Morgan fingerprint density at radius 2 is 1.91 bits per heavy atom. The molecule has 1 N–H and O–H groups in total. The summed E-state index contributed by atoms with van der Waals surface area (Å²) in [5.41, 5.74) is 2.57. The maximum Gasteiger partial charge on any atom is 0.379 e. The van der Waals surface area contributed by atoms with Crippen molar-refractivity contribution in [1.82, 2.24) is 5.43 Å². The molecule has 0 saturated heterocycles. The third-order valence-corrected chi connectivity index (χ3v) is 4.02. The van der Waals surface area contributed by atoms with E-state index in [0.29, 0.717) is 17.9 Å². The van der Waals surface area contributed by atoms with Gasteiger partial charge in [-0.1, -0.05) is 12.1 Å². The molecule has 0 aliphatic carbocycles. The van der Waals surface area contributed by atoms with Gasteiger partial charge in [-0.15, -0.1) is 0 Å². The van der Waals surface area contributed by atoms with E-state index < -0.39 is 23.4 Å². The number of ether oxygens (including phenoxy) is 3. The second-order valence-electron chi connectivity index (χ2n) is 6.31. The van der Waals surface area contributed by atoms with Gasteiger partial charge >= 0.3 is 11.7 Å². The third-order valence-electron chi connectivity index (χ3n) is 4.02. The minimum absolute atomic E-state index is 0.0253. The van der Waals surface area contributed by atoms with E-state index in [4.69, 9.17) is 18.6 Å². The lowest BCUT2D eigenvalue weighted by atomic mass is 10.2. The van der Waals surface area contributed by atoms with Gasteiger partial charge < -0.3 is 18.6 Å². The summed E-state index contributed by atoms with van der Waals surface area (Å²) in [5.74, 6) is -0.770. The number of rotatable bonds is 10. The first-order valence-corrected chi connectivity index (χ1v) is 9.68.